The molecule has 2 aliphatic heterocycles. The quantitative estimate of drug-likeness (QED) is 0.797. The van der Waals surface area contributed by atoms with Crippen LogP contribution in [0.3, 0.4) is 0 Å². The highest BCUT2D eigenvalue weighted by molar-refractivity contribution is 5.91. The summed E-state index contributed by atoms with van der Waals surface area (Å²) in [7, 11) is 0. The molecule has 2 saturated heterocycles. The number of hydrogen-bond acceptors (Lipinski definition) is 3. The third-order valence-corrected chi connectivity index (χ3v) is 6.53. The smallest absolute Gasteiger partial charge is 0.236 e. The van der Waals surface area contributed by atoms with E-state index in [-0.39, 0.29) is 17.6 Å². The van der Waals surface area contributed by atoms with E-state index in [0.717, 1.165) is 57.4 Å². The van der Waals surface area contributed by atoms with Crippen molar-refractivity contribution < 1.29 is 14.0 Å². The molecule has 1 aliphatic carbocycles. The van der Waals surface area contributed by atoms with Crippen molar-refractivity contribution in [1.29, 1.82) is 0 Å². The van der Waals surface area contributed by atoms with E-state index in [9.17, 15) is 14.0 Å². The number of hydrogen-bond donors (Lipinski definition) is 0. The van der Waals surface area contributed by atoms with Gasteiger partial charge in [-0.05, 0) is 43.4 Å². The Morgan fingerprint density at radius 2 is 1.43 bits per heavy atom. The summed E-state index contributed by atoms with van der Waals surface area (Å²) in [5.74, 6) is 0.124. The highest BCUT2D eigenvalue weighted by Crippen LogP contribution is 2.49. The van der Waals surface area contributed by atoms with E-state index < -0.39 is 5.41 Å². The lowest BCUT2D eigenvalue weighted by atomic mass is 9.94. The normalized spacial score (nSPS) is 22.6. The van der Waals surface area contributed by atoms with E-state index in [4.69, 9.17) is 0 Å². The van der Waals surface area contributed by atoms with Gasteiger partial charge in [-0.15, -0.1) is 0 Å². The maximum absolute atomic E-state index is 13.2. The molecule has 0 radical (unpaired) electrons. The minimum atomic E-state index is -0.447. The second-order valence-electron chi connectivity index (χ2n) is 8.45. The minimum absolute atomic E-state index is 0.164. The molecule has 0 bridgehead atoms. The zero-order valence-electron chi connectivity index (χ0n) is 16.5. The Kier molecular flexibility index (Phi) is 5.67. The van der Waals surface area contributed by atoms with Gasteiger partial charge in [0, 0.05) is 39.3 Å². The van der Waals surface area contributed by atoms with Gasteiger partial charge in [0.05, 0.1) is 12.0 Å². The van der Waals surface area contributed by atoms with Gasteiger partial charge in [-0.25, -0.2) is 4.39 Å². The van der Waals surface area contributed by atoms with Gasteiger partial charge in [0.2, 0.25) is 11.8 Å². The number of benzene rings is 1. The van der Waals surface area contributed by atoms with Crippen LogP contribution in [0.2, 0.25) is 0 Å². The van der Waals surface area contributed by atoms with E-state index in [1.54, 1.807) is 12.1 Å². The number of nitrogens with zero attached hydrogens (tertiary/aromatic N) is 3. The van der Waals surface area contributed by atoms with Gasteiger partial charge < -0.3 is 9.80 Å². The highest BCUT2D eigenvalue weighted by atomic mass is 19.1. The van der Waals surface area contributed by atoms with Crippen molar-refractivity contribution in [1.82, 2.24) is 14.7 Å². The van der Waals surface area contributed by atoms with Crippen LogP contribution in [0.1, 0.15) is 44.1 Å². The van der Waals surface area contributed by atoms with Crippen molar-refractivity contribution in [3.05, 3.63) is 35.6 Å². The molecule has 1 saturated carbocycles. The highest BCUT2D eigenvalue weighted by Gasteiger charge is 2.53. The maximum atomic E-state index is 13.2. The predicted octanol–water partition coefficient (Wildman–Crippen LogP) is 2.40. The first kappa shape index (κ1) is 19.4. The number of amides is 2. The lowest BCUT2D eigenvalue weighted by Crippen LogP contribution is -2.53. The summed E-state index contributed by atoms with van der Waals surface area (Å²) in [5, 5.41) is 0. The van der Waals surface area contributed by atoms with Gasteiger partial charge in [-0.2, -0.15) is 0 Å². The number of carbonyl (C=O) groups is 2. The zero-order chi connectivity index (χ0) is 19.6. The summed E-state index contributed by atoms with van der Waals surface area (Å²) < 4.78 is 13.2. The van der Waals surface area contributed by atoms with Crippen LogP contribution in [0.4, 0.5) is 4.39 Å². The second-order valence-corrected chi connectivity index (χ2v) is 8.45. The van der Waals surface area contributed by atoms with Crippen molar-refractivity contribution in [2.75, 3.05) is 45.8 Å². The Balaban J connectivity index is 1.29. The van der Waals surface area contributed by atoms with Crippen LogP contribution in [0.15, 0.2) is 24.3 Å². The summed E-state index contributed by atoms with van der Waals surface area (Å²) in [6.07, 6.45) is 6.34. The van der Waals surface area contributed by atoms with Crippen LogP contribution < -0.4 is 0 Å². The van der Waals surface area contributed by atoms with Crippen LogP contribution in [-0.2, 0) is 15.0 Å². The Bertz CT molecular complexity index is 701. The first-order valence-electron chi connectivity index (χ1n) is 10.6. The molecule has 4 rings (SSSR count). The lowest BCUT2D eigenvalue weighted by Gasteiger charge is -2.37. The largest absolute Gasteiger partial charge is 0.342 e. The fourth-order valence-corrected chi connectivity index (χ4v) is 4.54. The second kappa shape index (κ2) is 8.19. The molecule has 2 heterocycles. The van der Waals surface area contributed by atoms with E-state index in [1.165, 1.54) is 25.0 Å². The zero-order valence-corrected chi connectivity index (χ0v) is 16.5. The monoisotopic (exact) mass is 387 g/mol. The van der Waals surface area contributed by atoms with Crippen molar-refractivity contribution in [3.8, 4) is 0 Å². The Hall–Kier alpha value is -1.95. The number of rotatable bonds is 4. The molecule has 0 spiro atoms. The molecule has 6 heteroatoms. The third-order valence-electron chi connectivity index (χ3n) is 6.53. The van der Waals surface area contributed by atoms with Crippen molar-refractivity contribution in [3.63, 3.8) is 0 Å². The van der Waals surface area contributed by atoms with E-state index >= 15 is 0 Å². The van der Waals surface area contributed by atoms with Crippen LogP contribution in [-0.4, -0.2) is 72.3 Å². The maximum Gasteiger partial charge on any atom is 0.236 e. The molecule has 3 fully saturated rings. The number of carbonyl (C=O) groups excluding carboxylic acids is 2. The molecule has 28 heavy (non-hydrogen) atoms. The van der Waals surface area contributed by atoms with Crippen LogP contribution in [0.5, 0.6) is 0 Å². The van der Waals surface area contributed by atoms with Crippen molar-refractivity contribution in [2.24, 2.45) is 0 Å². The van der Waals surface area contributed by atoms with Crippen molar-refractivity contribution in [2.45, 2.75) is 43.9 Å². The van der Waals surface area contributed by atoms with Gasteiger partial charge in [-0.1, -0.05) is 25.0 Å². The summed E-state index contributed by atoms with van der Waals surface area (Å²) >= 11 is 0. The van der Waals surface area contributed by atoms with Gasteiger partial charge in [-0.3, -0.25) is 14.5 Å². The van der Waals surface area contributed by atoms with Gasteiger partial charge in [0.15, 0.2) is 0 Å². The summed E-state index contributed by atoms with van der Waals surface area (Å²) in [6, 6.07) is 6.37. The van der Waals surface area contributed by atoms with Crippen LogP contribution >= 0.6 is 0 Å². The molecule has 2 amide bonds. The van der Waals surface area contributed by atoms with Gasteiger partial charge >= 0.3 is 0 Å². The standard InChI is InChI=1S/C22H30FN3O2/c23-19-7-5-18(6-8-19)22(9-10-22)21(28)26-15-13-24(14-16-26)17-20(27)25-11-3-1-2-4-12-25/h5-8H,1-4,9-17H2. The number of piperazine rings is 1. The van der Waals surface area contributed by atoms with E-state index in [0.29, 0.717) is 19.6 Å². The Morgan fingerprint density at radius 3 is 2.00 bits per heavy atom. The molecule has 0 unspecified atom stereocenters. The summed E-state index contributed by atoms with van der Waals surface area (Å²) in [6.45, 7) is 5.04. The molecule has 0 N–H and O–H groups in total. The first-order chi connectivity index (χ1) is 13.6. The fourth-order valence-electron chi connectivity index (χ4n) is 4.54. The Morgan fingerprint density at radius 1 is 0.821 bits per heavy atom. The molecule has 5 nitrogen and oxygen atoms in total. The average molecular weight is 387 g/mol. The number of likely N-dealkylation sites (tertiary alicyclic amines) is 1. The topological polar surface area (TPSA) is 43.9 Å². The SMILES string of the molecule is O=C(CN1CCN(C(=O)C2(c3ccc(F)cc3)CC2)CC1)N1CCCCCC1. The molecule has 0 atom stereocenters. The van der Waals surface area contributed by atoms with Gasteiger partial charge in [0.25, 0.3) is 0 Å². The molecule has 3 aliphatic rings. The molecular formula is C22H30FN3O2. The molecular weight excluding hydrogens is 357 g/mol. The summed E-state index contributed by atoms with van der Waals surface area (Å²) in [5.41, 5.74) is 0.482. The van der Waals surface area contributed by atoms with Crippen LogP contribution in [0.25, 0.3) is 0 Å². The van der Waals surface area contributed by atoms with E-state index in [2.05, 4.69) is 4.90 Å². The molecule has 1 aromatic rings. The number of halogens is 1. The minimum Gasteiger partial charge on any atom is -0.342 e. The molecule has 1 aromatic carbocycles. The van der Waals surface area contributed by atoms with Crippen LogP contribution in [0, 0.1) is 5.82 Å². The lowest BCUT2D eigenvalue weighted by molar-refractivity contribution is -0.137. The average Bonchev–Trinajstić information content (AvgIpc) is 3.53. The van der Waals surface area contributed by atoms with Crippen molar-refractivity contribution >= 4 is 11.8 Å². The predicted molar refractivity (Wildman–Crippen MR) is 105 cm³/mol. The summed E-state index contributed by atoms with van der Waals surface area (Å²) in [4.78, 5) is 31.8. The molecule has 0 aromatic heterocycles. The molecule has 152 valence electrons. The first-order valence-corrected chi connectivity index (χ1v) is 10.6. The van der Waals surface area contributed by atoms with E-state index in [1.807, 2.05) is 9.80 Å². The third kappa shape index (κ3) is 4.07. The van der Waals surface area contributed by atoms with Gasteiger partial charge in [0.1, 0.15) is 5.82 Å². The Labute approximate surface area is 166 Å². The fraction of sp³-hybridized carbons (Fsp3) is 0.636.